The monoisotopic (exact) mass is 250 g/mol. The molecule has 2 rings (SSSR count). The number of ether oxygens (including phenoxy) is 1. The molecule has 1 aliphatic rings. The highest BCUT2D eigenvalue weighted by molar-refractivity contribution is 5.74. The summed E-state index contributed by atoms with van der Waals surface area (Å²) in [7, 11) is 1.81. The average molecular weight is 250 g/mol. The van der Waals surface area contributed by atoms with Gasteiger partial charge in [0.25, 0.3) is 0 Å². The first kappa shape index (κ1) is 12.6. The van der Waals surface area contributed by atoms with Crippen LogP contribution in [0.4, 0.5) is 11.6 Å². The maximum Gasteiger partial charge on any atom is 0.325 e. The minimum Gasteiger partial charge on any atom is -0.465 e. The van der Waals surface area contributed by atoms with E-state index < -0.39 is 0 Å². The third kappa shape index (κ3) is 3.32. The summed E-state index contributed by atoms with van der Waals surface area (Å²) in [4.78, 5) is 20.1. The van der Waals surface area contributed by atoms with Crippen LogP contribution in [0.3, 0.4) is 0 Å². The van der Waals surface area contributed by atoms with Gasteiger partial charge in [-0.05, 0) is 19.8 Å². The van der Waals surface area contributed by atoms with Gasteiger partial charge in [0, 0.05) is 19.0 Å². The molecular formula is C12H18N4O2. The van der Waals surface area contributed by atoms with E-state index in [4.69, 9.17) is 4.74 Å². The zero-order valence-corrected chi connectivity index (χ0v) is 10.7. The van der Waals surface area contributed by atoms with Gasteiger partial charge in [0.1, 0.15) is 24.0 Å². The summed E-state index contributed by atoms with van der Waals surface area (Å²) >= 11 is 0. The van der Waals surface area contributed by atoms with E-state index in [0.717, 1.165) is 24.5 Å². The third-order valence-electron chi connectivity index (χ3n) is 2.66. The highest BCUT2D eigenvalue weighted by atomic mass is 16.5. The number of carbonyl (C=O) groups excluding carboxylic acids is 1. The Hall–Kier alpha value is -1.85. The number of nitrogens with one attached hydrogen (secondary N) is 2. The van der Waals surface area contributed by atoms with Crippen molar-refractivity contribution in [3.8, 4) is 0 Å². The maximum absolute atomic E-state index is 11.3. The third-order valence-corrected chi connectivity index (χ3v) is 2.66. The van der Waals surface area contributed by atoms with Crippen molar-refractivity contribution < 1.29 is 9.53 Å². The number of carbonyl (C=O) groups is 1. The summed E-state index contributed by atoms with van der Waals surface area (Å²) in [6.07, 6.45) is 2.29. The Labute approximate surface area is 106 Å². The largest absolute Gasteiger partial charge is 0.465 e. The number of nitrogens with zero attached hydrogens (tertiary/aromatic N) is 2. The molecule has 0 unspecified atom stereocenters. The lowest BCUT2D eigenvalue weighted by Gasteiger charge is -2.09. The van der Waals surface area contributed by atoms with E-state index in [-0.39, 0.29) is 12.5 Å². The van der Waals surface area contributed by atoms with Gasteiger partial charge in [-0.25, -0.2) is 9.97 Å². The van der Waals surface area contributed by atoms with E-state index in [2.05, 4.69) is 20.6 Å². The molecule has 0 bridgehead atoms. The van der Waals surface area contributed by atoms with Gasteiger partial charge in [0.15, 0.2) is 0 Å². The molecule has 0 spiro atoms. The number of esters is 1. The van der Waals surface area contributed by atoms with Crippen LogP contribution >= 0.6 is 0 Å². The number of aromatic nitrogens is 2. The second-order valence-corrected chi connectivity index (χ2v) is 4.18. The molecule has 1 fully saturated rings. The van der Waals surface area contributed by atoms with E-state index in [1.165, 1.54) is 0 Å². The lowest BCUT2D eigenvalue weighted by atomic mass is 10.3. The number of anilines is 2. The minimum atomic E-state index is -0.282. The van der Waals surface area contributed by atoms with E-state index in [9.17, 15) is 4.79 Å². The second kappa shape index (κ2) is 5.66. The minimum absolute atomic E-state index is 0.123. The quantitative estimate of drug-likeness (QED) is 0.743. The lowest BCUT2D eigenvalue weighted by Crippen LogP contribution is -2.18. The van der Waals surface area contributed by atoms with Gasteiger partial charge in [-0.2, -0.15) is 0 Å². The van der Waals surface area contributed by atoms with Crippen LogP contribution in [0.2, 0.25) is 0 Å². The number of hydrogen-bond donors (Lipinski definition) is 2. The topological polar surface area (TPSA) is 76.1 Å². The Morgan fingerprint density at radius 3 is 2.78 bits per heavy atom. The first-order valence-corrected chi connectivity index (χ1v) is 6.19. The smallest absolute Gasteiger partial charge is 0.325 e. The summed E-state index contributed by atoms with van der Waals surface area (Å²) in [6, 6.07) is 1.78. The molecule has 6 nitrogen and oxygen atoms in total. The summed E-state index contributed by atoms with van der Waals surface area (Å²) in [5.74, 6) is 2.45. The molecule has 6 heteroatoms. The van der Waals surface area contributed by atoms with Crippen molar-refractivity contribution in [2.24, 2.45) is 0 Å². The van der Waals surface area contributed by atoms with Crippen molar-refractivity contribution >= 4 is 17.6 Å². The molecule has 1 aliphatic carbocycles. The lowest BCUT2D eigenvalue weighted by molar-refractivity contribution is -0.140. The van der Waals surface area contributed by atoms with Crippen LogP contribution < -0.4 is 10.6 Å². The summed E-state index contributed by atoms with van der Waals surface area (Å²) in [6.45, 7) is 2.30. The maximum atomic E-state index is 11.3. The Morgan fingerprint density at radius 1 is 1.44 bits per heavy atom. The van der Waals surface area contributed by atoms with Gasteiger partial charge >= 0.3 is 5.97 Å². The normalized spacial score (nSPS) is 14.1. The molecule has 0 atom stereocenters. The van der Waals surface area contributed by atoms with Gasteiger partial charge in [-0.3, -0.25) is 4.79 Å². The second-order valence-electron chi connectivity index (χ2n) is 4.18. The van der Waals surface area contributed by atoms with Gasteiger partial charge in [-0.15, -0.1) is 0 Å². The predicted octanol–water partition coefficient (Wildman–Crippen LogP) is 1.37. The molecule has 1 heterocycles. The van der Waals surface area contributed by atoms with Gasteiger partial charge < -0.3 is 15.4 Å². The Morgan fingerprint density at radius 2 is 2.17 bits per heavy atom. The highest BCUT2D eigenvalue weighted by Gasteiger charge is 2.27. The molecule has 0 amide bonds. The van der Waals surface area contributed by atoms with E-state index in [0.29, 0.717) is 18.3 Å². The SMILES string of the molecule is CCOC(=O)CNc1cc(NC)nc(C2CC2)n1. The average Bonchev–Trinajstić information content (AvgIpc) is 3.20. The molecule has 1 aromatic heterocycles. The van der Waals surface area contributed by atoms with Crippen LogP contribution in [-0.4, -0.2) is 36.1 Å². The van der Waals surface area contributed by atoms with E-state index in [1.54, 1.807) is 13.0 Å². The zero-order chi connectivity index (χ0) is 13.0. The fourth-order valence-electron chi connectivity index (χ4n) is 1.58. The summed E-state index contributed by atoms with van der Waals surface area (Å²) < 4.78 is 4.85. The fraction of sp³-hybridized carbons (Fsp3) is 0.583. The van der Waals surface area contributed by atoms with Crippen LogP contribution in [0, 0.1) is 0 Å². The number of hydrogen-bond acceptors (Lipinski definition) is 6. The van der Waals surface area contributed by atoms with Crippen molar-refractivity contribution in [3.05, 3.63) is 11.9 Å². The van der Waals surface area contributed by atoms with Crippen molar-refractivity contribution in [1.82, 2.24) is 9.97 Å². The Bertz CT molecular complexity index is 432. The van der Waals surface area contributed by atoms with Crippen molar-refractivity contribution in [2.45, 2.75) is 25.7 Å². The molecule has 0 saturated heterocycles. The molecule has 98 valence electrons. The zero-order valence-electron chi connectivity index (χ0n) is 10.7. The fourth-order valence-corrected chi connectivity index (χ4v) is 1.58. The standard InChI is InChI=1S/C12H18N4O2/c1-3-18-11(17)7-14-10-6-9(13-2)15-12(16-10)8-4-5-8/h6,8H,3-5,7H2,1-2H3,(H2,13,14,15,16). The van der Waals surface area contributed by atoms with E-state index in [1.807, 2.05) is 7.05 Å². The molecule has 0 aliphatic heterocycles. The van der Waals surface area contributed by atoms with Crippen LogP contribution in [0.15, 0.2) is 6.07 Å². The van der Waals surface area contributed by atoms with Crippen molar-refractivity contribution in [3.63, 3.8) is 0 Å². The summed E-state index contributed by atoms with van der Waals surface area (Å²) in [5, 5.41) is 5.96. The molecule has 0 aromatic carbocycles. The van der Waals surface area contributed by atoms with Gasteiger partial charge in [0.2, 0.25) is 0 Å². The first-order valence-electron chi connectivity index (χ1n) is 6.19. The van der Waals surface area contributed by atoms with Gasteiger partial charge in [0.05, 0.1) is 6.61 Å². The van der Waals surface area contributed by atoms with Gasteiger partial charge in [-0.1, -0.05) is 0 Å². The van der Waals surface area contributed by atoms with Crippen LogP contribution in [0.5, 0.6) is 0 Å². The molecule has 2 N–H and O–H groups in total. The molecular weight excluding hydrogens is 232 g/mol. The molecule has 0 radical (unpaired) electrons. The Balaban J connectivity index is 2.02. The van der Waals surface area contributed by atoms with E-state index >= 15 is 0 Å². The van der Waals surface area contributed by atoms with Crippen molar-refractivity contribution in [1.29, 1.82) is 0 Å². The summed E-state index contributed by atoms with van der Waals surface area (Å²) in [5.41, 5.74) is 0. The first-order chi connectivity index (χ1) is 8.72. The van der Waals surface area contributed by atoms with Crippen LogP contribution in [-0.2, 0) is 9.53 Å². The molecule has 1 saturated carbocycles. The predicted molar refractivity (Wildman–Crippen MR) is 68.7 cm³/mol. The molecule has 18 heavy (non-hydrogen) atoms. The Kier molecular flexibility index (Phi) is 3.96. The van der Waals surface area contributed by atoms with Crippen LogP contribution in [0.25, 0.3) is 0 Å². The van der Waals surface area contributed by atoms with Crippen molar-refractivity contribution in [2.75, 3.05) is 30.8 Å². The number of rotatable bonds is 6. The highest BCUT2D eigenvalue weighted by Crippen LogP contribution is 2.38. The molecule has 1 aromatic rings. The van der Waals surface area contributed by atoms with Crippen LogP contribution in [0.1, 0.15) is 31.5 Å².